The molecular weight excluding hydrogens is 281 g/mol. The van der Waals surface area contributed by atoms with Gasteiger partial charge in [-0.2, -0.15) is 13.2 Å². The predicted octanol–water partition coefficient (Wildman–Crippen LogP) is 3.68. The Labute approximate surface area is 121 Å². The molecule has 114 valence electrons. The van der Waals surface area contributed by atoms with Crippen LogP contribution in [0.5, 0.6) is 5.88 Å². The zero-order valence-corrected chi connectivity index (χ0v) is 11.7. The van der Waals surface area contributed by atoms with Crippen LogP contribution in [0.15, 0.2) is 30.5 Å². The van der Waals surface area contributed by atoms with Gasteiger partial charge in [-0.15, -0.1) is 0 Å². The normalized spacial score (nSPS) is 11.8. The Morgan fingerprint density at radius 2 is 1.90 bits per heavy atom. The van der Waals surface area contributed by atoms with E-state index < -0.39 is 12.8 Å². The van der Waals surface area contributed by atoms with Crippen molar-refractivity contribution in [3.05, 3.63) is 36.0 Å². The minimum Gasteiger partial charge on any atom is -0.468 e. The third-order valence-electron chi connectivity index (χ3n) is 2.96. The maximum absolute atomic E-state index is 12.3. The van der Waals surface area contributed by atoms with Gasteiger partial charge in [-0.3, -0.25) is 0 Å². The third kappa shape index (κ3) is 4.32. The first kappa shape index (κ1) is 15.6. The maximum atomic E-state index is 12.3. The van der Waals surface area contributed by atoms with E-state index in [9.17, 15) is 13.2 Å². The van der Waals surface area contributed by atoms with Gasteiger partial charge in [0.05, 0.1) is 0 Å². The van der Waals surface area contributed by atoms with Gasteiger partial charge in [0.25, 0.3) is 0 Å². The van der Waals surface area contributed by atoms with Gasteiger partial charge >= 0.3 is 6.18 Å². The molecule has 0 aliphatic carbocycles. The second-order valence-electron chi connectivity index (χ2n) is 4.71. The number of aromatic nitrogens is 1. The van der Waals surface area contributed by atoms with Crippen molar-refractivity contribution in [2.24, 2.45) is 0 Å². The molecule has 0 bridgehead atoms. The Morgan fingerprint density at radius 3 is 2.57 bits per heavy atom. The van der Waals surface area contributed by atoms with Crippen LogP contribution in [0.3, 0.4) is 0 Å². The van der Waals surface area contributed by atoms with Crippen molar-refractivity contribution in [2.45, 2.75) is 26.1 Å². The van der Waals surface area contributed by atoms with E-state index in [-0.39, 0.29) is 5.88 Å². The van der Waals surface area contributed by atoms with E-state index in [0.29, 0.717) is 11.9 Å². The number of halogens is 3. The Balaban J connectivity index is 2.26. The molecule has 0 aliphatic heterocycles. The Hall–Kier alpha value is -1.82. The average Bonchev–Trinajstić information content (AvgIpc) is 2.45. The fourth-order valence-corrected chi connectivity index (χ4v) is 2.03. The largest absolute Gasteiger partial charge is 0.468 e. The van der Waals surface area contributed by atoms with Gasteiger partial charge < -0.3 is 10.1 Å². The molecule has 6 heteroatoms. The van der Waals surface area contributed by atoms with Crippen LogP contribution in [0.1, 0.15) is 18.9 Å². The van der Waals surface area contributed by atoms with Crippen LogP contribution < -0.4 is 10.1 Å². The average molecular weight is 298 g/mol. The number of benzene rings is 1. The zero-order valence-electron chi connectivity index (χ0n) is 11.7. The number of pyridine rings is 1. The van der Waals surface area contributed by atoms with Crippen LogP contribution in [0.25, 0.3) is 10.8 Å². The number of ether oxygens (including phenoxy) is 1. The molecule has 0 unspecified atom stereocenters. The lowest BCUT2D eigenvalue weighted by atomic mass is 10.1. The number of rotatable bonds is 6. The van der Waals surface area contributed by atoms with Crippen molar-refractivity contribution in [1.82, 2.24) is 10.3 Å². The third-order valence-corrected chi connectivity index (χ3v) is 2.96. The van der Waals surface area contributed by atoms with E-state index in [1.165, 1.54) is 0 Å². The molecule has 1 aromatic carbocycles. The Morgan fingerprint density at radius 1 is 1.19 bits per heavy atom. The first-order valence-corrected chi connectivity index (χ1v) is 6.78. The van der Waals surface area contributed by atoms with Gasteiger partial charge in [0.15, 0.2) is 6.61 Å². The molecule has 0 atom stereocenters. The topological polar surface area (TPSA) is 34.2 Å². The molecule has 2 aromatic rings. The van der Waals surface area contributed by atoms with Gasteiger partial charge in [-0.25, -0.2) is 4.98 Å². The summed E-state index contributed by atoms with van der Waals surface area (Å²) >= 11 is 0. The van der Waals surface area contributed by atoms with Gasteiger partial charge in [0.2, 0.25) is 5.88 Å². The SMILES string of the molecule is CCCNCc1cnc(OCC(F)(F)F)c2ccccc12. The van der Waals surface area contributed by atoms with Gasteiger partial charge in [-0.1, -0.05) is 25.1 Å². The van der Waals surface area contributed by atoms with E-state index in [0.717, 1.165) is 23.9 Å². The molecule has 0 spiro atoms. The van der Waals surface area contributed by atoms with Crippen LogP contribution in [0.4, 0.5) is 13.2 Å². The first-order chi connectivity index (χ1) is 10.0. The smallest absolute Gasteiger partial charge is 0.422 e. The van der Waals surface area contributed by atoms with Crippen molar-refractivity contribution >= 4 is 10.8 Å². The molecule has 3 nitrogen and oxygen atoms in total. The summed E-state index contributed by atoms with van der Waals surface area (Å²) in [4.78, 5) is 4.03. The molecule has 0 fully saturated rings. The number of fused-ring (bicyclic) bond motifs is 1. The summed E-state index contributed by atoms with van der Waals surface area (Å²) in [6, 6.07) is 7.19. The van der Waals surface area contributed by atoms with Crippen molar-refractivity contribution in [3.63, 3.8) is 0 Å². The highest BCUT2D eigenvalue weighted by atomic mass is 19.4. The molecule has 0 aliphatic rings. The molecule has 0 amide bonds. The molecular formula is C15H17F3N2O. The minimum atomic E-state index is -4.37. The molecule has 1 aromatic heterocycles. The Kier molecular flexibility index (Phi) is 5.01. The quantitative estimate of drug-likeness (QED) is 0.826. The van der Waals surface area contributed by atoms with Crippen LogP contribution in [0, 0.1) is 0 Å². The first-order valence-electron chi connectivity index (χ1n) is 6.78. The Bertz CT molecular complexity index is 599. The second-order valence-corrected chi connectivity index (χ2v) is 4.71. The van der Waals surface area contributed by atoms with Crippen molar-refractivity contribution < 1.29 is 17.9 Å². The van der Waals surface area contributed by atoms with Crippen molar-refractivity contribution in [3.8, 4) is 5.88 Å². The fourth-order valence-electron chi connectivity index (χ4n) is 2.03. The number of hydrogen-bond acceptors (Lipinski definition) is 3. The number of hydrogen-bond donors (Lipinski definition) is 1. The van der Waals surface area contributed by atoms with Crippen molar-refractivity contribution in [2.75, 3.05) is 13.2 Å². The lowest BCUT2D eigenvalue weighted by Gasteiger charge is -2.13. The molecule has 0 radical (unpaired) electrons. The van der Waals surface area contributed by atoms with E-state index in [4.69, 9.17) is 4.74 Å². The van der Waals surface area contributed by atoms with Gasteiger partial charge in [0, 0.05) is 18.1 Å². The maximum Gasteiger partial charge on any atom is 0.422 e. The van der Waals surface area contributed by atoms with E-state index in [1.807, 2.05) is 12.1 Å². The molecule has 0 saturated carbocycles. The van der Waals surface area contributed by atoms with Crippen LogP contribution in [-0.2, 0) is 6.54 Å². The summed E-state index contributed by atoms with van der Waals surface area (Å²) in [5.74, 6) is 0.0159. The van der Waals surface area contributed by atoms with Crippen molar-refractivity contribution in [1.29, 1.82) is 0 Å². The second kappa shape index (κ2) is 6.76. The molecule has 21 heavy (non-hydrogen) atoms. The van der Waals surface area contributed by atoms with Crippen LogP contribution in [0.2, 0.25) is 0 Å². The lowest BCUT2D eigenvalue weighted by Crippen LogP contribution is -2.20. The highest BCUT2D eigenvalue weighted by molar-refractivity contribution is 5.89. The summed E-state index contributed by atoms with van der Waals surface area (Å²) in [6.07, 6.45) is -1.79. The zero-order chi connectivity index (χ0) is 15.3. The highest BCUT2D eigenvalue weighted by Crippen LogP contribution is 2.27. The molecule has 2 rings (SSSR count). The molecule has 1 N–H and O–H groups in total. The standard InChI is InChI=1S/C15H17F3N2O/c1-2-7-19-8-11-9-20-14(21-10-15(16,17)18)13-6-4-3-5-12(11)13/h3-6,9,19H,2,7-8,10H2,1H3. The number of nitrogens with one attached hydrogen (secondary N) is 1. The van der Waals surface area contributed by atoms with Crippen LogP contribution in [-0.4, -0.2) is 24.3 Å². The highest BCUT2D eigenvalue weighted by Gasteiger charge is 2.29. The molecule has 0 saturated heterocycles. The summed E-state index contributed by atoms with van der Waals surface area (Å²) in [6.45, 7) is 2.23. The predicted molar refractivity (Wildman–Crippen MR) is 75.3 cm³/mol. The van der Waals surface area contributed by atoms with E-state index in [2.05, 4.69) is 17.2 Å². The summed E-state index contributed by atoms with van der Waals surface area (Å²) in [5, 5.41) is 4.71. The summed E-state index contributed by atoms with van der Waals surface area (Å²) in [5.41, 5.74) is 0.943. The minimum absolute atomic E-state index is 0.0159. The monoisotopic (exact) mass is 298 g/mol. The van der Waals surface area contributed by atoms with Crippen LogP contribution >= 0.6 is 0 Å². The number of nitrogens with zero attached hydrogens (tertiary/aromatic N) is 1. The fraction of sp³-hybridized carbons (Fsp3) is 0.400. The van der Waals surface area contributed by atoms with Gasteiger partial charge in [-0.05, 0) is 30.0 Å². The van der Waals surface area contributed by atoms with Gasteiger partial charge in [0.1, 0.15) is 0 Å². The summed E-state index contributed by atoms with van der Waals surface area (Å²) in [7, 11) is 0. The van der Waals surface area contributed by atoms with E-state index in [1.54, 1.807) is 18.3 Å². The molecule has 1 heterocycles. The number of alkyl halides is 3. The van der Waals surface area contributed by atoms with E-state index >= 15 is 0 Å². The summed E-state index contributed by atoms with van der Waals surface area (Å²) < 4.78 is 41.6. The lowest BCUT2D eigenvalue weighted by molar-refractivity contribution is -0.153.